The van der Waals surface area contributed by atoms with E-state index in [1.165, 1.54) is 12.1 Å². The Hall–Kier alpha value is -2.42. The Morgan fingerprint density at radius 2 is 1.49 bits per heavy atom. The van der Waals surface area contributed by atoms with Gasteiger partial charge in [-0.15, -0.1) is 0 Å². The van der Waals surface area contributed by atoms with Crippen LogP contribution in [0.2, 0.25) is 0 Å². The van der Waals surface area contributed by atoms with Gasteiger partial charge in [0.1, 0.15) is 29.6 Å². The number of carbonyl (C=O) groups excluding carboxylic acids is 2. The van der Waals surface area contributed by atoms with Crippen LogP contribution in [0.4, 0.5) is 4.79 Å². The van der Waals surface area contributed by atoms with Gasteiger partial charge in [-0.05, 0) is 107 Å². The summed E-state index contributed by atoms with van der Waals surface area (Å²) < 4.78 is 52.4. The first-order valence-electron chi connectivity index (χ1n) is 13.1. The van der Waals surface area contributed by atoms with Crippen molar-refractivity contribution in [3.63, 3.8) is 0 Å². The number of carbonyl (C=O) groups is 2. The second-order valence-electron chi connectivity index (χ2n) is 11.2. The summed E-state index contributed by atoms with van der Waals surface area (Å²) in [4.78, 5) is 25.5. The summed E-state index contributed by atoms with van der Waals surface area (Å²) in [6.07, 6.45) is -0.559. The van der Waals surface area contributed by atoms with Gasteiger partial charge in [-0.2, -0.15) is 8.42 Å². The summed E-state index contributed by atoms with van der Waals surface area (Å²) in [7, 11) is -3.84. The molecule has 0 bridgehead atoms. The van der Waals surface area contributed by atoms with Crippen LogP contribution in [0, 0.1) is 10.5 Å². The van der Waals surface area contributed by atoms with Crippen LogP contribution in [0.15, 0.2) is 47.4 Å². The fraction of sp³-hybridized carbons (Fsp3) is 0.517. The van der Waals surface area contributed by atoms with Crippen molar-refractivity contribution in [2.75, 3.05) is 26.4 Å². The lowest BCUT2D eigenvalue weighted by Gasteiger charge is -2.26. The predicted molar refractivity (Wildman–Crippen MR) is 162 cm³/mol. The van der Waals surface area contributed by atoms with Gasteiger partial charge >= 0.3 is 12.1 Å². The second kappa shape index (κ2) is 15.2. The van der Waals surface area contributed by atoms with Crippen molar-refractivity contribution in [2.24, 2.45) is 0 Å². The molecule has 0 saturated carbocycles. The van der Waals surface area contributed by atoms with Gasteiger partial charge in [0.15, 0.2) is 0 Å². The van der Waals surface area contributed by atoms with Gasteiger partial charge < -0.3 is 24.3 Å². The molecule has 0 aliphatic carbocycles. The molecular weight excluding hydrogens is 665 g/mol. The molecule has 0 aliphatic rings. The third-order valence-corrected chi connectivity index (χ3v) is 7.47. The highest BCUT2D eigenvalue weighted by molar-refractivity contribution is 14.1. The highest BCUT2D eigenvalue weighted by Gasteiger charge is 2.29. The average Bonchev–Trinajstić information content (AvgIpc) is 2.83. The van der Waals surface area contributed by atoms with Crippen LogP contribution < -0.4 is 10.1 Å². The molecule has 228 valence electrons. The SMILES string of the molecule is Cc1ccc(S(=O)(=O)OCCOCCOc2ccc(I)c(C[C@H](NC(=O)OC(C)(C)C)C(=O)OC(C)(C)C)c2)cc1. The summed E-state index contributed by atoms with van der Waals surface area (Å²) in [5.41, 5.74) is 0.256. The minimum absolute atomic E-state index is 0.0697. The minimum atomic E-state index is -3.84. The van der Waals surface area contributed by atoms with Crippen LogP contribution in [-0.4, -0.2) is 64.2 Å². The van der Waals surface area contributed by atoms with Crippen LogP contribution in [0.25, 0.3) is 0 Å². The third kappa shape index (κ3) is 13.4. The molecular formula is C29H40INO9S. The molecule has 41 heavy (non-hydrogen) atoms. The average molecular weight is 706 g/mol. The van der Waals surface area contributed by atoms with Crippen molar-refractivity contribution in [1.29, 1.82) is 0 Å². The van der Waals surface area contributed by atoms with Gasteiger partial charge in [-0.1, -0.05) is 17.7 Å². The highest BCUT2D eigenvalue weighted by Crippen LogP contribution is 2.22. The fourth-order valence-electron chi connectivity index (χ4n) is 3.33. The molecule has 0 unspecified atom stereocenters. The molecule has 0 spiro atoms. The highest BCUT2D eigenvalue weighted by atomic mass is 127. The van der Waals surface area contributed by atoms with Gasteiger partial charge in [0, 0.05) is 9.99 Å². The van der Waals surface area contributed by atoms with E-state index in [2.05, 4.69) is 27.9 Å². The molecule has 2 aromatic carbocycles. The smallest absolute Gasteiger partial charge is 0.408 e. The number of aryl methyl sites for hydroxylation is 1. The van der Waals surface area contributed by atoms with E-state index in [4.69, 9.17) is 23.1 Å². The number of ether oxygens (including phenoxy) is 4. The van der Waals surface area contributed by atoms with Crippen molar-refractivity contribution < 1.29 is 41.1 Å². The Morgan fingerprint density at radius 3 is 2.10 bits per heavy atom. The summed E-state index contributed by atoms with van der Waals surface area (Å²) in [5, 5.41) is 2.63. The van der Waals surface area contributed by atoms with Crippen molar-refractivity contribution in [1.82, 2.24) is 5.32 Å². The number of rotatable bonds is 13. The van der Waals surface area contributed by atoms with Gasteiger partial charge in [-0.3, -0.25) is 4.18 Å². The van der Waals surface area contributed by atoms with E-state index >= 15 is 0 Å². The number of esters is 1. The zero-order valence-electron chi connectivity index (χ0n) is 24.6. The maximum atomic E-state index is 12.9. The zero-order valence-corrected chi connectivity index (χ0v) is 27.6. The molecule has 0 aliphatic heterocycles. The van der Waals surface area contributed by atoms with Crippen molar-refractivity contribution in [3.05, 3.63) is 57.2 Å². The quantitative estimate of drug-likeness (QED) is 0.130. The van der Waals surface area contributed by atoms with Gasteiger partial charge in [0.25, 0.3) is 10.1 Å². The van der Waals surface area contributed by atoms with Gasteiger partial charge in [0.2, 0.25) is 0 Å². The van der Waals surface area contributed by atoms with Crippen LogP contribution in [-0.2, 0) is 39.7 Å². The molecule has 1 amide bonds. The molecule has 0 aromatic heterocycles. The molecule has 2 rings (SSSR count). The van der Waals surface area contributed by atoms with Gasteiger partial charge in [0.05, 0.1) is 24.7 Å². The summed E-state index contributed by atoms with van der Waals surface area (Å²) in [5.74, 6) is -0.0343. The van der Waals surface area contributed by atoms with Crippen molar-refractivity contribution in [3.8, 4) is 5.75 Å². The predicted octanol–water partition coefficient (Wildman–Crippen LogP) is 5.18. The third-order valence-electron chi connectivity index (χ3n) is 5.10. The first kappa shape index (κ1) is 34.8. The lowest BCUT2D eigenvalue weighted by Crippen LogP contribution is -2.47. The van der Waals surface area contributed by atoms with Crippen LogP contribution in [0.3, 0.4) is 0 Å². The van der Waals surface area contributed by atoms with Crippen LogP contribution >= 0.6 is 22.6 Å². The van der Waals surface area contributed by atoms with E-state index in [0.717, 1.165) is 14.7 Å². The number of nitrogens with one attached hydrogen (secondary N) is 1. The molecule has 2 aromatic rings. The van der Waals surface area contributed by atoms with Crippen molar-refractivity contribution >= 4 is 44.8 Å². The number of benzene rings is 2. The van der Waals surface area contributed by atoms with Crippen molar-refractivity contribution in [2.45, 2.75) is 77.0 Å². The van der Waals surface area contributed by atoms with E-state index in [-0.39, 0.29) is 37.7 Å². The standard InChI is InChI=1S/C29H40INO9S/c1-20-8-11-23(12-9-20)41(34,35)38-17-15-36-14-16-37-22-10-13-24(30)21(18-22)19-25(26(32)39-28(2,3)4)31-27(33)40-29(5,6)7/h8-13,18,25H,14-17,19H2,1-7H3,(H,31,33)/t25-/m0/s1. The summed E-state index contributed by atoms with van der Waals surface area (Å²) in [6, 6.07) is 10.8. The Balaban J connectivity index is 1.91. The topological polar surface area (TPSA) is 126 Å². The molecule has 0 radical (unpaired) electrons. The molecule has 12 heteroatoms. The monoisotopic (exact) mass is 705 g/mol. The maximum absolute atomic E-state index is 12.9. The summed E-state index contributed by atoms with van der Waals surface area (Å²) in [6.45, 7) is 12.7. The van der Waals surface area contributed by atoms with Crippen LogP contribution in [0.5, 0.6) is 5.75 Å². The maximum Gasteiger partial charge on any atom is 0.408 e. The van der Waals surface area contributed by atoms with E-state index in [1.54, 1.807) is 65.8 Å². The molecule has 1 N–H and O–H groups in total. The fourth-order valence-corrected chi connectivity index (χ4v) is 4.78. The van der Waals surface area contributed by atoms with E-state index < -0.39 is 39.4 Å². The normalized spacial score (nSPS) is 12.9. The minimum Gasteiger partial charge on any atom is -0.491 e. The van der Waals surface area contributed by atoms with Gasteiger partial charge in [-0.25, -0.2) is 9.59 Å². The number of alkyl carbamates (subject to hydrolysis) is 1. The Kier molecular flexibility index (Phi) is 12.9. The van der Waals surface area contributed by atoms with E-state index in [0.29, 0.717) is 5.75 Å². The lowest BCUT2D eigenvalue weighted by molar-refractivity contribution is -0.157. The largest absolute Gasteiger partial charge is 0.491 e. The molecule has 0 fully saturated rings. The van der Waals surface area contributed by atoms with E-state index in [9.17, 15) is 18.0 Å². The first-order valence-corrected chi connectivity index (χ1v) is 15.6. The molecule has 0 heterocycles. The molecule has 1 atom stereocenters. The number of amides is 1. The molecule has 10 nitrogen and oxygen atoms in total. The van der Waals surface area contributed by atoms with E-state index in [1.807, 2.05) is 13.0 Å². The molecule has 0 saturated heterocycles. The number of hydrogen-bond donors (Lipinski definition) is 1. The number of halogens is 1. The summed E-state index contributed by atoms with van der Waals surface area (Å²) >= 11 is 2.15. The lowest BCUT2D eigenvalue weighted by atomic mass is 10.1. The Bertz CT molecular complexity index is 1270. The zero-order chi connectivity index (χ0) is 30.8. The Morgan fingerprint density at radius 1 is 0.878 bits per heavy atom. The Labute approximate surface area is 256 Å². The number of hydrogen-bond acceptors (Lipinski definition) is 9. The first-order chi connectivity index (χ1) is 18.9. The second-order valence-corrected chi connectivity index (χ2v) is 14.0. The van der Waals surface area contributed by atoms with Crippen LogP contribution in [0.1, 0.15) is 52.7 Å².